The average molecular weight is 280 g/mol. The SMILES string of the molecule is CC(=O)N1CCN(c2ccc(-c3ccccc3)cc2)CC1. The fourth-order valence-electron chi connectivity index (χ4n) is 2.77. The van der Waals surface area contributed by atoms with Crippen LogP contribution in [0, 0.1) is 0 Å². The largest absolute Gasteiger partial charge is 0.368 e. The highest BCUT2D eigenvalue weighted by Gasteiger charge is 2.18. The van der Waals surface area contributed by atoms with Gasteiger partial charge in [-0.3, -0.25) is 4.79 Å². The first-order chi connectivity index (χ1) is 10.2. The Labute approximate surface area is 125 Å². The zero-order valence-electron chi connectivity index (χ0n) is 12.3. The second-order valence-corrected chi connectivity index (χ2v) is 5.41. The summed E-state index contributed by atoms with van der Waals surface area (Å²) < 4.78 is 0. The van der Waals surface area contributed by atoms with E-state index < -0.39 is 0 Å². The lowest BCUT2D eigenvalue weighted by atomic mass is 10.1. The fourth-order valence-corrected chi connectivity index (χ4v) is 2.77. The molecule has 1 aliphatic rings. The van der Waals surface area contributed by atoms with Crippen LogP contribution in [0.1, 0.15) is 6.92 Å². The van der Waals surface area contributed by atoms with E-state index >= 15 is 0 Å². The molecule has 21 heavy (non-hydrogen) atoms. The number of carbonyl (C=O) groups excluding carboxylic acids is 1. The topological polar surface area (TPSA) is 23.6 Å². The number of rotatable bonds is 2. The molecular weight excluding hydrogens is 260 g/mol. The van der Waals surface area contributed by atoms with Crippen molar-refractivity contribution in [1.82, 2.24) is 4.90 Å². The summed E-state index contributed by atoms with van der Waals surface area (Å²) in [6, 6.07) is 19.1. The maximum Gasteiger partial charge on any atom is 0.219 e. The lowest BCUT2D eigenvalue weighted by molar-refractivity contribution is -0.129. The van der Waals surface area contributed by atoms with Crippen LogP contribution in [0.2, 0.25) is 0 Å². The molecule has 0 aliphatic carbocycles. The molecule has 1 heterocycles. The van der Waals surface area contributed by atoms with Crippen LogP contribution in [-0.2, 0) is 4.79 Å². The molecule has 0 spiro atoms. The van der Waals surface area contributed by atoms with Crippen molar-refractivity contribution in [1.29, 1.82) is 0 Å². The van der Waals surface area contributed by atoms with Gasteiger partial charge in [-0.25, -0.2) is 0 Å². The van der Waals surface area contributed by atoms with E-state index in [0.717, 1.165) is 26.2 Å². The monoisotopic (exact) mass is 280 g/mol. The molecule has 0 bridgehead atoms. The minimum absolute atomic E-state index is 0.175. The minimum atomic E-state index is 0.175. The van der Waals surface area contributed by atoms with Crippen LogP contribution in [-0.4, -0.2) is 37.0 Å². The lowest BCUT2D eigenvalue weighted by Crippen LogP contribution is -2.48. The Hall–Kier alpha value is -2.29. The second-order valence-electron chi connectivity index (χ2n) is 5.41. The molecule has 3 rings (SSSR count). The summed E-state index contributed by atoms with van der Waals surface area (Å²) in [5.41, 5.74) is 3.71. The Bertz CT molecular complexity index is 599. The van der Waals surface area contributed by atoms with Crippen LogP contribution in [0.4, 0.5) is 5.69 Å². The minimum Gasteiger partial charge on any atom is -0.368 e. The van der Waals surface area contributed by atoms with Gasteiger partial charge in [-0.2, -0.15) is 0 Å². The third kappa shape index (κ3) is 3.07. The molecule has 0 unspecified atom stereocenters. The Kier molecular flexibility index (Phi) is 3.91. The van der Waals surface area contributed by atoms with Crippen molar-refractivity contribution in [3.8, 4) is 11.1 Å². The number of carbonyl (C=O) groups is 1. The van der Waals surface area contributed by atoms with E-state index in [2.05, 4.69) is 53.4 Å². The molecule has 1 saturated heterocycles. The predicted molar refractivity (Wildman–Crippen MR) is 86.3 cm³/mol. The quantitative estimate of drug-likeness (QED) is 0.844. The van der Waals surface area contributed by atoms with Gasteiger partial charge < -0.3 is 9.80 Å². The molecule has 0 aromatic heterocycles. The van der Waals surface area contributed by atoms with Crippen molar-refractivity contribution in [3.63, 3.8) is 0 Å². The standard InChI is InChI=1S/C18H20N2O/c1-15(21)19-11-13-20(14-12-19)18-9-7-17(8-10-18)16-5-3-2-4-6-16/h2-10H,11-14H2,1H3. The highest BCUT2D eigenvalue weighted by molar-refractivity contribution is 5.73. The van der Waals surface area contributed by atoms with Crippen LogP contribution in [0.15, 0.2) is 54.6 Å². The van der Waals surface area contributed by atoms with Crippen molar-refractivity contribution in [2.24, 2.45) is 0 Å². The van der Waals surface area contributed by atoms with E-state index in [-0.39, 0.29) is 5.91 Å². The van der Waals surface area contributed by atoms with Gasteiger partial charge in [-0.1, -0.05) is 42.5 Å². The summed E-state index contributed by atoms with van der Waals surface area (Å²) in [5, 5.41) is 0. The Morgan fingerprint density at radius 2 is 1.38 bits per heavy atom. The summed E-state index contributed by atoms with van der Waals surface area (Å²) in [5.74, 6) is 0.175. The van der Waals surface area contributed by atoms with Crippen LogP contribution in [0.25, 0.3) is 11.1 Å². The van der Waals surface area contributed by atoms with Gasteiger partial charge in [-0.05, 0) is 23.3 Å². The molecule has 0 saturated carbocycles. The highest BCUT2D eigenvalue weighted by atomic mass is 16.2. The summed E-state index contributed by atoms with van der Waals surface area (Å²) in [7, 11) is 0. The maximum absolute atomic E-state index is 11.4. The van der Waals surface area contributed by atoms with Crippen LogP contribution in [0.3, 0.4) is 0 Å². The summed E-state index contributed by atoms with van der Waals surface area (Å²) in [4.78, 5) is 15.6. The maximum atomic E-state index is 11.4. The van der Waals surface area contributed by atoms with Crippen molar-refractivity contribution in [3.05, 3.63) is 54.6 Å². The molecule has 2 aromatic carbocycles. The number of hydrogen-bond acceptors (Lipinski definition) is 2. The van der Waals surface area contributed by atoms with Crippen molar-refractivity contribution < 1.29 is 4.79 Å². The van der Waals surface area contributed by atoms with Crippen molar-refractivity contribution >= 4 is 11.6 Å². The first-order valence-corrected chi connectivity index (χ1v) is 7.40. The Morgan fingerprint density at radius 3 is 1.95 bits per heavy atom. The number of hydrogen-bond donors (Lipinski definition) is 0. The van der Waals surface area contributed by atoms with Crippen molar-refractivity contribution in [2.45, 2.75) is 6.92 Å². The number of benzene rings is 2. The number of piperazine rings is 1. The van der Waals surface area contributed by atoms with Gasteiger partial charge in [0, 0.05) is 38.8 Å². The van der Waals surface area contributed by atoms with E-state index in [1.807, 2.05) is 11.0 Å². The van der Waals surface area contributed by atoms with Gasteiger partial charge >= 0.3 is 0 Å². The predicted octanol–water partition coefficient (Wildman–Crippen LogP) is 3.02. The van der Waals surface area contributed by atoms with E-state index in [1.165, 1.54) is 16.8 Å². The Balaban J connectivity index is 1.69. The Morgan fingerprint density at radius 1 is 0.810 bits per heavy atom. The molecule has 2 aromatic rings. The van der Waals surface area contributed by atoms with Crippen LogP contribution < -0.4 is 4.90 Å². The molecular formula is C18H20N2O. The number of nitrogens with zero attached hydrogens (tertiary/aromatic N) is 2. The number of amides is 1. The van der Waals surface area contributed by atoms with Gasteiger partial charge in [0.25, 0.3) is 0 Å². The van der Waals surface area contributed by atoms with E-state index in [4.69, 9.17) is 0 Å². The van der Waals surface area contributed by atoms with E-state index in [0.29, 0.717) is 0 Å². The van der Waals surface area contributed by atoms with Gasteiger partial charge in [0.15, 0.2) is 0 Å². The summed E-state index contributed by atoms with van der Waals surface area (Å²) >= 11 is 0. The van der Waals surface area contributed by atoms with Gasteiger partial charge in [0.2, 0.25) is 5.91 Å². The lowest BCUT2D eigenvalue weighted by Gasteiger charge is -2.35. The number of anilines is 1. The molecule has 1 fully saturated rings. The van der Waals surface area contributed by atoms with Gasteiger partial charge in [-0.15, -0.1) is 0 Å². The van der Waals surface area contributed by atoms with Gasteiger partial charge in [0.1, 0.15) is 0 Å². The molecule has 3 nitrogen and oxygen atoms in total. The average Bonchev–Trinajstić information content (AvgIpc) is 2.56. The zero-order chi connectivity index (χ0) is 14.7. The molecule has 108 valence electrons. The third-order valence-electron chi connectivity index (χ3n) is 4.06. The van der Waals surface area contributed by atoms with Crippen molar-refractivity contribution in [2.75, 3.05) is 31.1 Å². The van der Waals surface area contributed by atoms with E-state index in [9.17, 15) is 4.79 Å². The van der Waals surface area contributed by atoms with Crippen LogP contribution >= 0.6 is 0 Å². The van der Waals surface area contributed by atoms with Gasteiger partial charge in [0.05, 0.1) is 0 Å². The molecule has 0 radical (unpaired) electrons. The fraction of sp³-hybridized carbons (Fsp3) is 0.278. The molecule has 0 N–H and O–H groups in total. The third-order valence-corrected chi connectivity index (χ3v) is 4.06. The first kappa shape index (κ1) is 13.7. The molecule has 3 heteroatoms. The first-order valence-electron chi connectivity index (χ1n) is 7.40. The highest BCUT2D eigenvalue weighted by Crippen LogP contribution is 2.23. The molecule has 0 atom stereocenters. The smallest absolute Gasteiger partial charge is 0.219 e. The second kappa shape index (κ2) is 6.00. The zero-order valence-corrected chi connectivity index (χ0v) is 12.3. The molecule has 1 amide bonds. The van der Waals surface area contributed by atoms with E-state index in [1.54, 1.807) is 6.92 Å². The summed E-state index contributed by atoms with van der Waals surface area (Å²) in [6.45, 7) is 5.09. The summed E-state index contributed by atoms with van der Waals surface area (Å²) in [6.07, 6.45) is 0. The molecule has 1 aliphatic heterocycles. The van der Waals surface area contributed by atoms with Crippen LogP contribution in [0.5, 0.6) is 0 Å². The normalized spacial score (nSPS) is 15.1.